The van der Waals surface area contributed by atoms with Crippen LogP contribution < -0.4 is 5.32 Å². The Bertz CT molecular complexity index is 1080. The van der Waals surface area contributed by atoms with Crippen LogP contribution in [0.5, 0.6) is 0 Å². The van der Waals surface area contributed by atoms with E-state index in [0.717, 1.165) is 26.5 Å². The number of benzene rings is 2. The Kier molecular flexibility index (Phi) is 4.64. The van der Waals surface area contributed by atoms with Crippen molar-refractivity contribution in [1.29, 1.82) is 0 Å². The molecule has 5 nitrogen and oxygen atoms in total. The topological polar surface area (TPSA) is 67.8 Å². The SMILES string of the molecule is CSc1nnc(NC(=O)c2cc(-c3ccccc3)nc3ccccc23)s1. The number of carbonyl (C=O) groups is 1. The number of rotatable bonds is 4. The molecular formula is C19H14N4OS2. The third-order valence-corrected chi connectivity index (χ3v) is 5.65. The molecule has 0 aliphatic carbocycles. The van der Waals surface area contributed by atoms with Gasteiger partial charge in [0.15, 0.2) is 4.34 Å². The van der Waals surface area contributed by atoms with E-state index in [4.69, 9.17) is 4.98 Å². The molecule has 0 aliphatic heterocycles. The highest BCUT2D eigenvalue weighted by Crippen LogP contribution is 2.27. The van der Waals surface area contributed by atoms with Gasteiger partial charge in [0.2, 0.25) is 5.13 Å². The first kappa shape index (κ1) is 16.7. The van der Waals surface area contributed by atoms with E-state index in [0.29, 0.717) is 10.7 Å². The minimum absolute atomic E-state index is 0.218. The van der Waals surface area contributed by atoms with E-state index in [1.807, 2.05) is 66.9 Å². The molecule has 0 saturated carbocycles. The predicted molar refractivity (Wildman–Crippen MR) is 107 cm³/mol. The van der Waals surface area contributed by atoms with E-state index in [9.17, 15) is 4.79 Å². The highest BCUT2D eigenvalue weighted by atomic mass is 32.2. The fraction of sp³-hybridized carbons (Fsp3) is 0.0526. The first-order valence-electron chi connectivity index (χ1n) is 7.88. The fourth-order valence-electron chi connectivity index (χ4n) is 2.63. The molecule has 26 heavy (non-hydrogen) atoms. The van der Waals surface area contributed by atoms with Gasteiger partial charge in [-0.3, -0.25) is 10.1 Å². The number of thioether (sulfide) groups is 1. The number of aromatic nitrogens is 3. The number of carbonyl (C=O) groups excluding carboxylic acids is 1. The summed E-state index contributed by atoms with van der Waals surface area (Å²) in [6.07, 6.45) is 1.93. The van der Waals surface area contributed by atoms with E-state index < -0.39 is 0 Å². The van der Waals surface area contributed by atoms with Gasteiger partial charge in [-0.1, -0.05) is 71.6 Å². The molecule has 128 valence electrons. The van der Waals surface area contributed by atoms with Crippen LogP contribution in [0, 0.1) is 0 Å². The van der Waals surface area contributed by atoms with Gasteiger partial charge in [0.05, 0.1) is 16.8 Å². The summed E-state index contributed by atoms with van der Waals surface area (Å²) in [5, 5.41) is 12.2. The van der Waals surface area contributed by atoms with E-state index in [-0.39, 0.29) is 5.91 Å². The highest BCUT2D eigenvalue weighted by molar-refractivity contribution is 8.00. The predicted octanol–water partition coefficient (Wildman–Crippen LogP) is 4.73. The summed E-state index contributed by atoms with van der Waals surface area (Å²) in [5.74, 6) is -0.218. The van der Waals surface area contributed by atoms with Crippen molar-refractivity contribution in [3.63, 3.8) is 0 Å². The standard InChI is InChI=1S/C19H14N4OS2/c1-25-19-23-22-18(26-19)21-17(24)14-11-16(12-7-3-2-4-8-12)20-15-10-6-5-9-13(14)15/h2-11H,1H3,(H,21,22,24). The van der Waals surface area contributed by atoms with Crippen LogP contribution in [-0.2, 0) is 0 Å². The van der Waals surface area contributed by atoms with Crippen molar-refractivity contribution in [3.05, 3.63) is 66.2 Å². The molecule has 2 heterocycles. The molecule has 0 bridgehead atoms. The van der Waals surface area contributed by atoms with Gasteiger partial charge in [0, 0.05) is 10.9 Å². The monoisotopic (exact) mass is 378 g/mol. The second kappa shape index (κ2) is 7.23. The molecule has 0 fully saturated rings. The van der Waals surface area contributed by atoms with Crippen LogP contribution >= 0.6 is 23.1 Å². The van der Waals surface area contributed by atoms with Gasteiger partial charge in [-0.05, 0) is 18.4 Å². The Labute approximate surface area is 158 Å². The van der Waals surface area contributed by atoms with Crippen LogP contribution in [-0.4, -0.2) is 27.3 Å². The maximum Gasteiger partial charge on any atom is 0.258 e. The largest absolute Gasteiger partial charge is 0.296 e. The molecular weight excluding hydrogens is 364 g/mol. The summed E-state index contributed by atoms with van der Waals surface area (Å²) in [6.45, 7) is 0. The minimum Gasteiger partial charge on any atom is -0.296 e. The summed E-state index contributed by atoms with van der Waals surface area (Å²) in [4.78, 5) is 17.6. The van der Waals surface area contributed by atoms with Gasteiger partial charge >= 0.3 is 0 Å². The number of para-hydroxylation sites is 1. The van der Waals surface area contributed by atoms with Crippen LogP contribution in [0.15, 0.2) is 65.0 Å². The average Bonchev–Trinajstić information content (AvgIpc) is 3.15. The number of nitrogens with one attached hydrogen (secondary N) is 1. The molecule has 2 aromatic heterocycles. The highest BCUT2D eigenvalue weighted by Gasteiger charge is 2.15. The van der Waals surface area contributed by atoms with Crippen molar-refractivity contribution < 1.29 is 4.79 Å². The number of pyridine rings is 1. The zero-order valence-corrected chi connectivity index (χ0v) is 15.5. The van der Waals surface area contributed by atoms with Gasteiger partial charge in [-0.15, -0.1) is 10.2 Å². The number of anilines is 1. The number of nitrogens with zero attached hydrogens (tertiary/aromatic N) is 3. The van der Waals surface area contributed by atoms with Crippen molar-refractivity contribution in [1.82, 2.24) is 15.2 Å². The zero-order chi connectivity index (χ0) is 17.9. The van der Waals surface area contributed by atoms with Crippen molar-refractivity contribution in [2.45, 2.75) is 4.34 Å². The van der Waals surface area contributed by atoms with E-state index >= 15 is 0 Å². The van der Waals surface area contributed by atoms with Crippen LogP contribution in [0.4, 0.5) is 5.13 Å². The van der Waals surface area contributed by atoms with E-state index in [1.54, 1.807) is 0 Å². The van der Waals surface area contributed by atoms with Gasteiger partial charge in [0.1, 0.15) is 0 Å². The van der Waals surface area contributed by atoms with Crippen molar-refractivity contribution in [2.75, 3.05) is 11.6 Å². The Morgan fingerprint density at radius 3 is 2.58 bits per heavy atom. The fourth-order valence-corrected chi connectivity index (χ4v) is 3.79. The van der Waals surface area contributed by atoms with Crippen molar-refractivity contribution in [2.24, 2.45) is 0 Å². The number of fused-ring (bicyclic) bond motifs is 1. The van der Waals surface area contributed by atoms with Crippen LogP contribution in [0.2, 0.25) is 0 Å². The van der Waals surface area contributed by atoms with Crippen molar-refractivity contribution >= 4 is 45.0 Å². The molecule has 2 aromatic carbocycles. The van der Waals surface area contributed by atoms with E-state index in [1.165, 1.54) is 23.1 Å². The zero-order valence-electron chi connectivity index (χ0n) is 13.8. The van der Waals surface area contributed by atoms with Gasteiger partial charge in [-0.2, -0.15) is 0 Å². The molecule has 0 radical (unpaired) electrons. The second-order valence-corrected chi connectivity index (χ2v) is 7.50. The molecule has 1 amide bonds. The third kappa shape index (κ3) is 3.31. The lowest BCUT2D eigenvalue weighted by Crippen LogP contribution is -2.13. The number of amides is 1. The molecule has 0 saturated heterocycles. The Morgan fingerprint density at radius 1 is 1.04 bits per heavy atom. The lowest BCUT2D eigenvalue weighted by Gasteiger charge is -2.09. The Hall–Kier alpha value is -2.77. The number of hydrogen-bond acceptors (Lipinski definition) is 6. The first-order valence-corrected chi connectivity index (χ1v) is 9.93. The normalized spacial score (nSPS) is 10.8. The number of hydrogen-bond donors (Lipinski definition) is 1. The molecule has 1 N–H and O–H groups in total. The lowest BCUT2D eigenvalue weighted by atomic mass is 10.0. The summed E-state index contributed by atoms with van der Waals surface area (Å²) >= 11 is 2.85. The van der Waals surface area contributed by atoms with Gasteiger partial charge < -0.3 is 0 Å². The van der Waals surface area contributed by atoms with Crippen LogP contribution in [0.25, 0.3) is 22.2 Å². The molecule has 0 atom stereocenters. The Morgan fingerprint density at radius 2 is 1.81 bits per heavy atom. The molecule has 0 spiro atoms. The molecule has 7 heteroatoms. The molecule has 0 aliphatic rings. The maximum absolute atomic E-state index is 12.9. The summed E-state index contributed by atoms with van der Waals surface area (Å²) in [6, 6.07) is 19.3. The maximum atomic E-state index is 12.9. The molecule has 4 aromatic rings. The summed E-state index contributed by atoms with van der Waals surface area (Å²) < 4.78 is 0.810. The van der Waals surface area contributed by atoms with Crippen LogP contribution in [0.1, 0.15) is 10.4 Å². The average molecular weight is 378 g/mol. The third-order valence-electron chi connectivity index (χ3n) is 3.83. The lowest BCUT2D eigenvalue weighted by molar-refractivity contribution is 0.102. The molecule has 0 unspecified atom stereocenters. The minimum atomic E-state index is -0.218. The second-order valence-electron chi connectivity index (χ2n) is 5.47. The van der Waals surface area contributed by atoms with E-state index in [2.05, 4.69) is 15.5 Å². The smallest absolute Gasteiger partial charge is 0.258 e. The quantitative estimate of drug-likeness (QED) is 0.411. The first-order chi connectivity index (χ1) is 12.7. The van der Waals surface area contributed by atoms with Crippen molar-refractivity contribution in [3.8, 4) is 11.3 Å². The van der Waals surface area contributed by atoms with Crippen LogP contribution in [0.3, 0.4) is 0 Å². The summed E-state index contributed by atoms with van der Waals surface area (Å²) in [7, 11) is 0. The van der Waals surface area contributed by atoms with Gasteiger partial charge in [-0.25, -0.2) is 4.98 Å². The Balaban J connectivity index is 1.78. The summed E-state index contributed by atoms with van der Waals surface area (Å²) in [5.41, 5.74) is 3.07. The van der Waals surface area contributed by atoms with Gasteiger partial charge in [0.25, 0.3) is 5.91 Å². The molecule has 4 rings (SSSR count).